The summed E-state index contributed by atoms with van der Waals surface area (Å²) in [5.41, 5.74) is 14.9. The van der Waals surface area contributed by atoms with Crippen LogP contribution in [0.15, 0.2) is 170 Å². The molecular weight excluding hydrogens is 528 g/mol. The van der Waals surface area contributed by atoms with Gasteiger partial charge in [0.05, 0.1) is 0 Å². The Morgan fingerprint density at radius 2 is 0.409 bits per heavy atom. The average Bonchev–Trinajstić information content (AvgIpc) is 3.10. The van der Waals surface area contributed by atoms with Crippen LogP contribution in [-0.4, -0.2) is 0 Å². The van der Waals surface area contributed by atoms with Gasteiger partial charge in [-0.3, -0.25) is 0 Å². The Kier molecular flexibility index (Phi) is 5.61. The molecule has 4 bridgehead atoms. The fourth-order valence-electron chi connectivity index (χ4n) is 7.35. The summed E-state index contributed by atoms with van der Waals surface area (Å²) >= 11 is 0. The van der Waals surface area contributed by atoms with Gasteiger partial charge in [-0.15, -0.1) is 0 Å². The topological polar surface area (TPSA) is 0 Å². The van der Waals surface area contributed by atoms with Gasteiger partial charge < -0.3 is 0 Å². The summed E-state index contributed by atoms with van der Waals surface area (Å²) in [7, 11) is 0. The third-order valence-corrected chi connectivity index (χ3v) is 9.27. The molecule has 204 valence electrons. The quantitative estimate of drug-likeness (QED) is 0.163. The lowest BCUT2D eigenvalue weighted by atomic mass is 9.80. The zero-order valence-electron chi connectivity index (χ0n) is 24.2. The van der Waals surface area contributed by atoms with Gasteiger partial charge in [-0.25, -0.2) is 0 Å². The molecule has 0 heterocycles. The Morgan fingerprint density at radius 1 is 0.182 bits per heavy atom. The molecule has 8 aromatic carbocycles. The highest BCUT2D eigenvalue weighted by Gasteiger charge is 2.22. The minimum atomic E-state index is 1.22. The lowest BCUT2D eigenvalue weighted by Crippen LogP contribution is -1.95. The molecule has 0 saturated heterocycles. The first-order chi connectivity index (χ1) is 21.9. The van der Waals surface area contributed by atoms with Gasteiger partial charge in [0.15, 0.2) is 0 Å². The van der Waals surface area contributed by atoms with Crippen molar-refractivity contribution in [1.82, 2.24) is 0 Å². The molecule has 0 heteroatoms. The molecule has 44 heavy (non-hydrogen) atoms. The second-order valence-corrected chi connectivity index (χ2v) is 11.6. The van der Waals surface area contributed by atoms with Crippen molar-refractivity contribution >= 4 is 21.5 Å². The van der Waals surface area contributed by atoms with Crippen molar-refractivity contribution in [3.05, 3.63) is 170 Å². The van der Waals surface area contributed by atoms with E-state index < -0.39 is 0 Å². The largest absolute Gasteiger partial charge is 0.0616 e. The lowest BCUT2D eigenvalue weighted by molar-refractivity contribution is 1.55. The van der Waals surface area contributed by atoms with Gasteiger partial charge in [0.1, 0.15) is 0 Å². The molecule has 0 nitrogen and oxygen atoms in total. The van der Waals surface area contributed by atoms with E-state index in [0.717, 1.165) is 0 Å². The molecule has 0 fully saturated rings. The molecule has 0 unspecified atom stereocenters. The fraction of sp³-hybridized carbons (Fsp3) is 0. The molecule has 0 spiro atoms. The molecule has 0 radical (unpaired) electrons. The van der Waals surface area contributed by atoms with Crippen molar-refractivity contribution in [3.8, 4) is 66.8 Å². The fourth-order valence-corrected chi connectivity index (χ4v) is 7.35. The smallest absolute Gasteiger partial charge is 0.00201 e. The van der Waals surface area contributed by atoms with E-state index >= 15 is 0 Å². The van der Waals surface area contributed by atoms with Crippen molar-refractivity contribution < 1.29 is 0 Å². The third-order valence-electron chi connectivity index (χ3n) is 9.27. The lowest BCUT2D eigenvalue weighted by Gasteiger charge is -2.22. The Balaban J connectivity index is 1.53. The van der Waals surface area contributed by atoms with Crippen molar-refractivity contribution in [3.63, 3.8) is 0 Å². The minimum absolute atomic E-state index is 1.22. The third kappa shape index (κ3) is 3.71. The van der Waals surface area contributed by atoms with Gasteiger partial charge in [0.25, 0.3) is 0 Å². The van der Waals surface area contributed by atoms with Crippen LogP contribution >= 0.6 is 0 Å². The van der Waals surface area contributed by atoms with Crippen molar-refractivity contribution in [2.75, 3.05) is 0 Å². The van der Waals surface area contributed by atoms with Crippen LogP contribution in [0.4, 0.5) is 0 Å². The van der Waals surface area contributed by atoms with Crippen LogP contribution < -0.4 is 0 Å². The molecule has 12 rings (SSSR count). The molecule has 8 aromatic rings. The van der Waals surface area contributed by atoms with Gasteiger partial charge in [0.2, 0.25) is 0 Å². The number of hydrogen-bond donors (Lipinski definition) is 0. The van der Waals surface area contributed by atoms with Crippen molar-refractivity contribution in [1.29, 1.82) is 0 Å². The first kappa shape index (κ1) is 24.8. The summed E-state index contributed by atoms with van der Waals surface area (Å²) in [5, 5.41) is 5.07. The number of benzene rings is 8. The number of hydrogen-bond acceptors (Lipinski definition) is 0. The van der Waals surface area contributed by atoms with Gasteiger partial charge >= 0.3 is 0 Å². The summed E-state index contributed by atoms with van der Waals surface area (Å²) in [6, 6.07) is 62.6. The predicted octanol–water partition coefficient (Wildman–Crippen LogP) is 12.3. The first-order valence-electron chi connectivity index (χ1n) is 15.3. The summed E-state index contributed by atoms with van der Waals surface area (Å²) in [6.07, 6.45) is 0. The molecule has 0 amide bonds. The van der Waals surface area contributed by atoms with Crippen LogP contribution in [0.25, 0.3) is 88.3 Å². The summed E-state index contributed by atoms with van der Waals surface area (Å²) in [6.45, 7) is 0. The van der Waals surface area contributed by atoms with E-state index in [2.05, 4.69) is 170 Å². The van der Waals surface area contributed by atoms with Crippen LogP contribution in [0.3, 0.4) is 0 Å². The van der Waals surface area contributed by atoms with E-state index in [1.165, 1.54) is 88.3 Å². The van der Waals surface area contributed by atoms with Crippen molar-refractivity contribution in [2.45, 2.75) is 0 Å². The molecule has 0 aromatic heterocycles. The SMILES string of the molecule is c1ccc2c(c1)-c1ccc(cc1)-c1ccccc1-c1ccccc1-c1c3ccccc3c(c3ccccc13)-c1ccccc1-2. The highest BCUT2D eigenvalue weighted by molar-refractivity contribution is 6.23. The van der Waals surface area contributed by atoms with Crippen LogP contribution in [0.2, 0.25) is 0 Å². The second kappa shape index (κ2) is 9.93. The van der Waals surface area contributed by atoms with Gasteiger partial charge in [-0.05, 0) is 88.3 Å². The Labute approximate surface area is 257 Å². The average molecular weight is 557 g/mol. The number of rotatable bonds is 0. The molecule has 0 atom stereocenters. The van der Waals surface area contributed by atoms with Gasteiger partial charge in [-0.2, -0.15) is 0 Å². The first-order valence-corrected chi connectivity index (χ1v) is 15.3. The summed E-state index contributed by atoms with van der Waals surface area (Å²) < 4.78 is 0. The zero-order chi connectivity index (χ0) is 29.0. The van der Waals surface area contributed by atoms with Crippen LogP contribution in [0.1, 0.15) is 0 Å². The predicted molar refractivity (Wildman–Crippen MR) is 188 cm³/mol. The van der Waals surface area contributed by atoms with Crippen molar-refractivity contribution in [2.24, 2.45) is 0 Å². The maximum Gasteiger partial charge on any atom is -0.00201 e. The van der Waals surface area contributed by atoms with Gasteiger partial charge in [0, 0.05) is 0 Å². The van der Waals surface area contributed by atoms with E-state index in [1.54, 1.807) is 0 Å². The monoisotopic (exact) mass is 556 g/mol. The van der Waals surface area contributed by atoms with E-state index in [4.69, 9.17) is 0 Å². The standard InChI is InChI=1S/C44H28/c1-3-15-33-31(13-1)29-25-27-30(28-26-29)32-14-2-4-16-34(32)36-18-6-8-20-38(36)44-41-23-11-9-21-39(41)43(37-19-7-5-17-35(33)37)40-22-10-12-24-42(40)44/h1-28H. The molecule has 0 N–H and O–H groups in total. The Hall–Kier alpha value is -5.72. The maximum absolute atomic E-state index is 2.31. The second-order valence-electron chi connectivity index (χ2n) is 11.6. The highest BCUT2D eigenvalue weighted by Crippen LogP contribution is 2.49. The van der Waals surface area contributed by atoms with Crippen LogP contribution in [0.5, 0.6) is 0 Å². The summed E-state index contributed by atoms with van der Waals surface area (Å²) in [5.74, 6) is 0. The molecule has 4 aliphatic rings. The van der Waals surface area contributed by atoms with E-state index in [1.807, 2.05) is 0 Å². The Morgan fingerprint density at radius 3 is 0.727 bits per heavy atom. The normalized spacial score (nSPS) is 11.6. The molecular formula is C44H28. The zero-order valence-corrected chi connectivity index (χ0v) is 24.2. The van der Waals surface area contributed by atoms with Crippen LogP contribution in [-0.2, 0) is 0 Å². The highest BCUT2D eigenvalue weighted by atomic mass is 14.2. The van der Waals surface area contributed by atoms with Crippen LogP contribution in [0, 0.1) is 0 Å². The van der Waals surface area contributed by atoms with E-state index in [0.29, 0.717) is 0 Å². The summed E-state index contributed by atoms with van der Waals surface area (Å²) in [4.78, 5) is 0. The molecule has 4 aliphatic carbocycles. The maximum atomic E-state index is 2.31. The van der Waals surface area contributed by atoms with E-state index in [-0.39, 0.29) is 0 Å². The molecule has 0 saturated carbocycles. The van der Waals surface area contributed by atoms with Gasteiger partial charge in [-0.1, -0.05) is 170 Å². The molecule has 0 aliphatic heterocycles. The Bertz CT molecular complexity index is 2150. The van der Waals surface area contributed by atoms with E-state index in [9.17, 15) is 0 Å². The minimum Gasteiger partial charge on any atom is -0.0616 e.